The Morgan fingerprint density at radius 1 is 1.17 bits per heavy atom. The zero-order valence-corrected chi connectivity index (χ0v) is 11.2. The Hall–Kier alpha value is -1.51. The summed E-state index contributed by atoms with van der Waals surface area (Å²) >= 11 is 0. The lowest BCUT2D eigenvalue weighted by Gasteiger charge is -2.31. The number of urea groups is 1. The molecule has 2 N–H and O–H groups in total. The third kappa shape index (κ3) is 2.84. The molecule has 1 aliphatic rings. The normalized spacial score (nSPS) is 17.7. The van der Waals surface area contributed by atoms with Crippen molar-refractivity contribution in [3.8, 4) is 0 Å². The van der Waals surface area contributed by atoms with Gasteiger partial charge in [0.2, 0.25) is 0 Å². The molecule has 0 atom stereocenters. The number of carbonyl (C=O) groups excluding carboxylic acids is 1. The zero-order valence-electron chi connectivity index (χ0n) is 11.2. The van der Waals surface area contributed by atoms with Crippen LogP contribution in [-0.2, 0) is 5.54 Å². The second-order valence-corrected chi connectivity index (χ2v) is 5.41. The molecular formula is C15H22N2O. The van der Waals surface area contributed by atoms with Gasteiger partial charge >= 0.3 is 6.03 Å². The Labute approximate surface area is 109 Å². The van der Waals surface area contributed by atoms with E-state index < -0.39 is 0 Å². The van der Waals surface area contributed by atoms with Gasteiger partial charge in [-0.3, -0.25) is 0 Å². The minimum Gasteiger partial charge on any atom is -0.336 e. The van der Waals surface area contributed by atoms with Crippen LogP contribution in [0.25, 0.3) is 0 Å². The fraction of sp³-hybridized carbons (Fsp3) is 0.533. The van der Waals surface area contributed by atoms with E-state index >= 15 is 0 Å². The fourth-order valence-electron chi connectivity index (χ4n) is 2.74. The molecule has 98 valence electrons. The minimum atomic E-state index is -0.166. The van der Waals surface area contributed by atoms with Gasteiger partial charge in [0, 0.05) is 6.04 Å². The molecule has 3 heteroatoms. The molecule has 2 amide bonds. The molecule has 1 fully saturated rings. The van der Waals surface area contributed by atoms with Crippen LogP contribution in [0.1, 0.15) is 45.1 Å². The van der Waals surface area contributed by atoms with Crippen LogP contribution in [-0.4, -0.2) is 12.1 Å². The molecule has 0 heterocycles. The summed E-state index contributed by atoms with van der Waals surface area (Å²) in [4.78, 5) is 12.0. The van der Waals surface area contributed by atoms with Gasteiger partial charge in [-0.25, -0.2) is 4.79 Å². The van der Waals surface area contributed by atoms with Crippen molar-refractivity contribution in [1.82, 2.24) is 10.6 Å². The largest absolute Gasteiger partial charge is 0.336 e. The molecule has 3 nitrogen and oxygen atoms in total. The highest BCUT2D eigenvalue weighted by molar-refractivity contribution is 5.75. The van der Waals surface area contributed by atoms with E-state index in [0.29, 0.717) is 0 Å². The summed E-state index contributed by atoms with van der Waals surface area (Å²) in [6.45, 7) is 3.95. The number of amides is 2. The second kappa shape index (κ2) is 5.42. The van der Waals surface area contributed by atoms with E-state index in [1.807, 2.05) is 32.0 Å². The highest BCUT2D eigenvalue weighted by Crippen LogP contribution is 2.38. The number of carbonyl (C=O) groups is 1. The van der Waals surface area contributed by atoms with E-state index in [9.17, 15) is 4.79 Å². The number of benzene rings is 1. The molecule has 0 aromatic heterocycles. The van der Waals surface area contributed by atoms with E-state index in [0.717, 1.165) is 12.8 Å². The van der Waals surface area contributed by atoms with Crippen molar-refractivity contribution in [3.63, 3.8) is 0 Å². The van der Waals surface area contributed by atoms with Gasteiger partial charge in [-0.05, 0) is 32.3 Å². The second-order valence-electron chi connectivity index (χ2n) is 5.41. The lowest BCUT2D eigenvalue weighted by atomic mass is 9.88. The topological polar surface area (TPSA) is 41.1 Å². The maximum absolute atomic E-state index is 12.0. The lowest BCUT2D eigenvalue weighted by Crippen LogP contribution is -2.50. The monoisotopic (exact) mass is 246 g/mol. The van der Waals surface area contributed by atoms with Crippen LogP contribution >= 0.6 is 0 Å². The molecule has 1 aromatic rings. The summed E-state index contributed by atoms with van der Waals surface area (Å²) in [5, 5.41) is 6.10. The van der Waals surface area contributed by atoms with Crippen molar-refractivity contribution in [2.75, 3.05) is 0 Å². The maximum atomic E-state index is 12.0. The molecule has 0 spiro atoms. The first kappa shape index (κ1) is 12.9. The Morgan fingerprint density at radius 2 is 1.78 bits per heavy atom. The van der Waals surface area contributed by atoms with Gasteiger partial charge in [-0.1, -0.05) is 43.2 Å². The molecule has 18 heavy (non-hydrogen) atoms. The zero-order chi connectivity index (χ0) is 13.0. The van der Waals surface area contributed by atoms with Gasteiger partial charge in [0.15, 0.2) is 0 Å². The van der Waals surface area contributed by atoms with Crippen molar-refractivity contribution in [2.24, 2.45) is 0 Å². The van der Waals surface area contributed by atoms with Crippen LogP contribution in [0, 0.1) is 0 Å². The van der Waals surface area contributed by atoms with Gasteiger partial charge in [-0.2, -0.15) is 0 Å². The van der Waals surface area contributed by atoms with Crippen LogP contribution in [0.2, 0.25) is 0 Å². The standard InChI is InChI=1S/C15H22N2O/c1-12(2)16-14(18)17-15(10-6-7-11-15)13-8-4-3-5-9-13/h3-5,8-9,12H,6-7,10-11H2,1-2H3,(H2,16,17,18). The number of hydrogen-bond acceptors (Lipinski definition) is 1. The smallest absolute Gasteiger partial charge is 0.315 e. The third-order valence-corrected chi connectivity index (χ3v) is 3.56. The van der Waals surface area contributed by atoms with Crippen molar-refractivity contribution in [1.29, 1.82) is 0 Å². The summed E-state index contributed by atoms with van der Waals surface area (Å²) in [5.74, 6) is 0. The van der Waals surface area contributed by atoms with Gasteiger partial charge in [0.25, 0.3) is 0 Å². The number of nitrogens with one attached hydrogen (secondary N) is 2. The van der Waals surface area contributed by atoms with E-state index in [4.69, 9.17) is 0 Å². The molecule has 0 unspecified atom stereocenters. The summed E-state index contributed by atoms with van der Waals surface area (Å²) in [5.41, 5.74) is 1.06. The fourth-order valence-corrected chi connectivity index (χ4v) is 2.74. The van der Waals surface area contributed by atoms with Gasteiger partial charge in [-0.15, -0.1) is 0 Å². The highest BCUT2D eigenvalue weighted by Gasteiger charge is 2.36. The van der Waals surface area contributed by atoms with Crippen molar-refractivity contribution < 1.29 is 4.79 Å². The summed E-state index contributed by atoms with van der Waals surface area (Å²) < 4.78 is 0. The first-order chi connectivity index (χ1) is 8.62. The van der Waals surface area contributed by atoms with Gasteiger partial charge in [0.1, 0.15) is 0 Å². The van der Waals surface area contributed by atoms with E-state index in [2.05, 4.69) is 22.8 Å². The molecular weight excluding hydrogens is 224 g/mol. The van der Waals surface area contributed by atoms with Crippen LogP contribution < -0.4 is 10.6 Å². The highest BCUT2D eigenvalue weighted by atomic mass is 16.2. The molecule has 2 rings (SSSR count). The van der Waals surface area contributed by atoms with Crippen molar-refractivity contribution >= 4 is 6.03 Å². The molecule has 0 aliphatic heterocycles. The predicted octanol–water partition coefficient (Wildman–Crippen LogP) is 3.16. The average Bonchev–Trinajstić information content (AvgIpc) is 2.79. The molecule has 0 bridgehead atoms. The van der Waals surface area contributed by atoms with E-state index in [-0.39, 0.29) is 17.6 Å². The molecule has 0 saturated heterocycles. The van der Waals surface area contributed by atoms with Crippen LogP contribution in [0.3, 0.4) is 0 Å². The Balaban J connectivity index is 2.15. The molecule has 0 radical (unpaired) electrons. The first-order valence-corrected chi connectivity index (χ1v) is 6.77. The molecule has 1 aromatic carbocycles. The summed E-state index contributed by atoms with van der Waals surface area (Å²) in [6.07, 6.45) is 4.42. The lowest BCUT2D eigenvalue weighted by molar-refractivity contribution is 0.222. The molecule has 1 saturated carbocycles. The van der Waals surface area contributed by atoms with Crippen molar-refractivity contribution in [3.05, 3.63) is 35.9 Å². The minimum absolute atomic E-state index is 0.0595. The Kier molecular flexibility index (Phi) is 3.90. The summed E-state index contributed by atoms with van der Waals surface area (Å²) in [6, 6.07) is 10.4. The van der Waals surface area contributed by atoms with E-state index in [1.54, 1.807) is 0 Å². The maximum Gasteiger partial charge on any atom is 0.315 e. The van der Waals surface area contributed by atoms with E-state index in [1.165, 1.54) is 18.4 Å². The number of rotatable bonds is 3. The van der Waals surface area contributed by atoms with Crippen LogP contribution in [0.15, 0.2) is 30.3 Å². The van der Waals surface area contributed by atoms with Gasteiger partial charge in [0.05, 0.1) is 5.54 Å². The Bertz CT molecular complexity index is 394. The van der Waals surface area contributed by atoms with Gasteiger partial charge < -0.3 is 10.6 Å². The predicted molar refractivity (Wildman–Crippen MR) is 73.4 cm³/mol. The summed E-state index contributed by atoms with van der Waals surface area (Å²) in [7, 11) is 0. The van der Waals surface area contributed by atoms with Crippen molar-refractivity contribution in [2.45, 2.75) is 51.1 Å². The molecule has 1 aliphatic carbocycles. The average molecular weight is 246 g/mol. The van der Waals surface area contributed by atoms with Crippen LogP contribution in [0.4, 0.5) is 4.79 Å². The quantitative estimate of drug-likeness (QED) is 0.845. The first-order valence-electron chi connectivity index (χ1n) is 6.77. The third-order valence-electron chi connectivity index (χ3n) is 3.56. The van der Waals surface area contributed by atoms with Crippen LogP contribution in [0.5, 0.6) is 0 Å². The SMILES string of the molecule is CC(C)NC(=O)NC1(c2ccccc2)CCCC1. The number of hydrogen-bond donors (Lipinski definition) is 2. The Morgan fingerprint density at radius 3 is 2.33 bits per heavy atom.